The molecule has 1 saturated heterocycles. The number of hydrogen-bond donors (Lipinski definition) is 2. The third kappa shape index (κ3) is 1.69. The molecule has 2 N–H and O–H groups in total. The molecule has 0 bridgehead atoms. The molecule has 1 spiro atoms. The second-order valence-corrected chi connectivity index (χ2v) is 4.58. The smallest absolute Gasteiger partial charge is 0.325 e. The van der Waals surface area contributed by atoms with Gasteiger partial charge in [0.05, 0.1) is 0 Å². The van der Waals surface area contributed by atoms with Crippen molar-refractivity contribution in [2.45, 2.75) is 44.1 Å². The van der Waals surface area contributed by atoms with Gasteiger partial charge in [-0.1, -0.05) is 12.8 Å². The molecule has 16 heavy (non-hydrogen) atoms. The lowest BCUT2D eigenvalue weighted by Crippen LogP contribution is -2.47. The second-order valence-electron chi connectivity index (χ2n) is 4.58. The summed E-state index contributed by atoms with van der Waals surface area (Å²) in [4.78, 5) is 25.2. The van der Waals surface area contributed by atoms with Crippen molar-refractivity contribution >= 4 is 11.9 Å². The Balaban J connectivity index is 2.07. The van der Waals surface area contributed by atoms with Gasteiger partial charge in [-0.05, 0) is 25.7 Å². The van der Waals surface area contributed by atoms with E-state index in [4.69, 9.17) is 5.11 Å². The summed E-state index contributed by atoms with van der Waals surface area (Å²) in [6.07, 6.45) is 5.01. The fraction of sp³-hybridized carbons (Fsp3) is 0.818. The lowest BCUT2D eigenvalue weighted by molar-refractivity contribution is -0.126. The standard InChI is InChI=1S/C11H18N2O3/c14-8-4-3-7-13-10(16)12-9(15)11(13)5-1-2-6-11/h14H,1-8H2,(H,12,15,16). The quantitative estimate of drug-likeness (QED) is 0.545. The highest BCUT2D eigenvalue weighted by molar-refractivity contribution is 6.07. The normalized spacial score (nSPS) is 23.2. The first-order valence-corrected chi connectivity index (χ1v) is 5.95. The van der Waals surface area contributed by atoms with Crippen LogP contribution >= 0.6 is 0 Å². The van der Waals surface area contributed by atoms with Crippen LogP contribution in [0, 0.1) is 0 Å². The lowest BCUT2D eigenvalue weighted by Gasteiger charge is -2.31. The average molecular weight is 226 g/mol. The van der Waals surface area contributed by atoms with E-state index in [1.807, 2.05) is 0 Å². The van der Waals surface area contributed by atoms with Gasteiger partial charge in [-0.25, -0.2) is 4.79 Å². The molecule has 5 heteroatoms. The van der Waals surface area contributed by atoms with E-state index in [9.17, 15) is 9.59 Å². The van der Waals surface area contributed by atoms with Gasteiger partial charge in [0.25, 0.3) is 5.91 Å². The van der Waals surface area contributed by atoms with Gasteiger partial charge in [0.1, 0.15) is 5.54 Å². The predicted octanol–water partition coefficient (Wildman–Crippen LogP) is 0.623. The molecular formula is C11H18N2O3. The molecule has 0 aromatic rings. The highest BCUT2D eigenvalue weighted by Crippen LogP contribution is 2.38. The molecule has 1 aliphatic carbocycles. The van der Waals surface area contributed by atoms with Crippen LogP contribution in [-0.4, -0.2) is 40.6 Å². The molecule has 1 aliphatic heterocycles. The summed E-state index contributed by atoms with van der Waals surface area (Å²) >= 11 is 0. The van der Waals surface area contributed by atoms with Gasteiger partial charge in [0.15, 0.2) is 0 Å². The van der Waals surface area contributed by atoms with Crippen molar-refractivity contribution in [1.82, 2.24) is 10.2 Å². The van der Waals surface area contributed by atoms with Crippen LogP contribution in [0.5, 0.6) is 0 Å². The Morgan fingerprint density at radius 2 is 1.94 bits per heavy atom. The third-order valence-electron chi connectivity index (χ3n) is 3.63. The van der Waals surface area contributed by atoms with Crippen LogP contribution in [-0.2, 0) is 4.79 Å². The van der Waals surface area contributed by atoms with Gasteiger partial charge >= 0.3 is 6.03 Å². The van der Waals surface area contributed by atoms with Crippen LogP contribution in [0.3, 0.4) is 0 Å². The van der Waals surface area contributed by atoms with E-state index in [1.54, 1.807) is 4.90 Å². The number of carbonyl (C=O) groups is 2. The Labute approximate surface area is 94.8 Å². The minimum absolute atomic E-state index is 0.126. The lowest BCUT2D eigenvalue weighted by atomic mass is 9.96. The number of imide groups is 1. The van der Waals surface area contributed by atoms with Gasteiger partial charge in [0, 0.05) is 13.2 Å². The Bertz CT molecular complexity index is 298. The molecule has 0 aromatic carbocycles. The molecule has 90 valence electrons. The molecule has 2 fully saturated rings. The number of aliphatic hydroxyl groups excluding tert-OH is 1. The van der Waals surface area contributed by atoms with Crippen molar-refractivity contribution < 1.29 is 14.7 Å². The number of urea groups is 1. The van der Waals surface area contributed by atoms with Crippen LogP contribution in [0.1, 0.15) is 38.5 Å². The second kappa shape index (κ2) is 4.41. The molecule has 2 aliphatic rings. The zero-order chi connectivity index (χ0) is 11.6. The Morgan fingerprint density at radius 3 is 2.56 bits per heavy atom. The first-order chi connectivity index (χ1) is 7.70. The molecule has 0 atom stereocenters. The highest BCUT2D eigenvalue weighted by Gasteiger charge is 2.53. The molecule has 0 unspecified atom stereocenters. The van der Waals surface area contributed by atoms with Crippen molar-refractivity contribution in [3.05, 3.63) is 0 Å². The first-order valence-electron chi connectivity index (χ1n) is 5.95. The van der Waals surface area contributed by atoms with E-state index in [2.05, 4.69) is 5.32 Å². The van der Waals surface area contributed by atoms with E-state index in [0.717, 1.165) is 32.1 Å². The van der Waals surface area contributed by atoms with Crippen molar-refractivity contribution in [2.24, 2.45) is 0 Å². The number of unbranched alkanes of at least 4 members (excludes halogenated alkanes) is 1. The molecule has 5 nitrogen and oxygen atoms in total. The number of rotatable bonds is 4. The summed E-state index contributed by atoms with van der Waals surface area (Å²) in [6.45, 7) is 0.703. The van der Waals surface area contributed by atoms with Crippen LogP contribution in [0.4, 0.5) is 4.79 Å². The number of carbonyl (C=O) groups excluding carboxylic acids is 2. The van der Waals surface area contributed by atoms with Gasteiger partial charge in [0.2, 0.25) is 0 Å². The fourth-order valence-corrected chi connectivity index (χ4v) is 2.75. The van der Waals surface area contributed by atoms with Crippen molar-refractivity contribution in [1.29, 1.82) is 0 Å². The van der Waals surface area contributed by atoms with Crippen LogP contribution in [0.15, 0.2) is 0 Å². The molecule has 2 rings (SSSR count). The monoisotopic (exact) mass is 226 g/mol. The van der Waals surface area contributed by atoms with Crippen LogP contribution in [0.2, 0.25) is 0 Å². The minimum atomic E-state index is -0.563. The summed E-state index contributed by atoms with van der Waals surface area (Å²) in [6, 6.07) is -0.259. The number of nitrogens with one attached hydrogen (secondary N) is 1. The zero-order valence-electron chi connectivity index (χ0n) is 9.37. The Morgan fingerprint density at radius 1 is 1.25 bits per heavy atom. The van der Waals surface area contributed by atoms with Gasteiger partial charge in [-0.15, -0.1) is 0 Å². The maximum atomic E-state index is 11.8. The number of hydrogen-bond acceptors (Lipinski definition) is 3. The third-order valence-corrected chi connectivity index (χ3v) is 3.63. The van der Waals surface area contributed by atoms with E-state index < -0.39 is 5.54 Å². The average Bonchev–Trinajstić information content (AvgIpc) is 2.81. The van der Waals surface area contributed by atoms with E-state index in [1.165, 1.54) is 0 Å². The summed E-state index contributed by atoms with van der Waals surface area (Å²) < 4.78 is 0. The predicted molar refractivity (Wildman–Crippen MR) is 57.8 cm³/mol. The summed E-state index contributed by atoms with van der Waals surface area (Å²) in [5, 5.41) is 11.1. The van der Waals surface area contributed by atoms with Crippen LogP contribution < -0.4 is 5.32 Å². The maximum Gasteiger partial charge on any atom is 0.325 e. The SMILES string of the molecule is O=C1NC(=O)C2(CCCC2)N1CCCCO. The zero-order valence-corrected chi connectivity index (χ0v) is 9.37. The molecular weight excluding hydrogens is 208 g/mol. The van der Waals surface area contributed by atoms with Crippen molar-refractivity contribution in [2.75, 3.05) is 13.2 Å². The fourth-order valence-electron chi connectivity index (χ4n) is 2.75. The van der Waals surface area contributed by atoms with E-state index in [-0.39, 0.29) is 18.5 Å². The summed E-state index contributed by atoms with van der Waals surface area (Å²) in [5.41, 5.74) is -0.563. The molecule has 3 amide bonds. The summed E-state index contributed by atoms with van der Waals surface area (Å²) in [5.74, 6) is -0.126. The highest BCUT2D eigenvalue weighted by atomic mass is 16.3. The van der Waals surface area contributed by atoms with Crippen molar-refractivity contribution in [3.63, 3.8) is 0 Å². The van der Waals surface area contributed by atoms with E-state index >= 15 is 0 Å². The number of nitrogens with zero attached hydrogens (tertiary/aromatic N) is 1. The van der Waals surface area contributed by atoms with Crippen molar-refractivity contribution in [3.8, 4) is 0 Å². The molecule has 0 radical (unpaired) electrons. The van der Waals surface area contributed by atoms with Gasteiger partial charge in [-0.2, -0.15) is 0 Å². The minimum Gasteiger partial charge on any atom is -0.396 e. The molecule has 1 saturated carbocycles. The van der Waals surface area contributed by atoms with Gasteiger partial charge in [-0.3, -0.25) is 10.1 Å². The number of amides is 3. The summed E-state index contributed by atoms with van der Waals surface area (Å²) in [7, 11) is 0. The van der Waals surface area contributed by atoms with E-state index in [0.29, 0.717) is 13.0 Å². The first kappa shape index (κ1) is 11.4. The van der Waals surface area contributed by atoms with Gasteiger partial charge < -0.3 is 10.0 Å². The Hall–Kier alpha value is -1.10. The molecule has 0 aromatic heterocycles. The topological polar surface area (TPSA) is 69.6 Å². The largest absolute Gasteiger partial charge is 0.396 e. The molecule has 1 heterocycles. The van der Waals surface area contributed by atoms with Crippen LogP contribution in [0.25, 0.3) is 0 Å². The maximum absolute atomic E-state index is 11.8. The number of aliphatic hydroxyl groups is 1. The Kier molecular flexibility index (Phi) is 3.14.